The van der Waals surface area contributed by atoms with E-state index in [1.807, 2.05) is 0 Å². The van der Waals surface area contributed by atoms with Crippen molar-refractivity contribution in [2.45, 2.75) is 52.1 Å². The maximum absolute atomic E-state index is 5.66. The molecule has 0 aliphatic carbocycles. The van der Waals surface area contributed by atoms with Crippen LogP contribution in [0.3, 0.4) is 0 Å². The Balaban J connectivity index is 2.44. The van der Waals surface area contributed by atoms with Crippen LogP contribution in [0.1, 0.15) is 40.0 Å². The van der Waals surface area contributed by atoms with Crippen molar-refractivity contribution in [1.82, 2.24) is 4.90 Å². The lowest BCUT2D eigenvalue weighted by atomic mass is 10.1. The van der Waals surface area contributed by atoms with Crippen LogP contribution < -0.4 is 5.73 Å². The van der Waals surface area contributed by atoms with E-state index in [0.717, 1.165) is 18.6 Å². The lowest BCUT2D eigenvalue weighted by molar-refractivity contribution is 0.173. The van der Waals surface area contributed by atoms with E-state index in [2.05, 4.69) is 25.7 Å². The summed E-state index contributed by atoms with van der Waals surface area (Å²) in [6.07, 6.45) is 4.05. The van der Waals surface area contributed by atoms with E-state index in [9.17, 15) is 0 Å². The van der Waals surface area contributed by atoms with E-state index < -0.39 is 0 Å². The molecule has 3 atom stereocenters. The summed E-state index contributed by atoms with van der Waals surface area (Å²) in [5.74, 6) is 0.648. The van der Waals surface area contributed by atoms with Crippen molar-refractivity contribution in [2.24, 2.45) is 11.7 Å². The molecule has 2 nitrogen and oxygen atoms in total. The molecule has 0 bridgehead atoms. The average Bonchev–Trinajstić information content (AvgIpc) is 2.48. The summed E-state index contributed by atoms with van der Waals surface area (Å²) in [4.78, 5) is 2.65. The third-order valence-corrected chi connectivity index (χ3v) is 3.35. The maximum atomic E-state index is 5.66. The topological polar surface area (TPSA) is 29.3 Å². The summed E-state index contributed by atoms with van der Waals surface area (Å²) in [5, 5.41) is 0. The minimum atomic E-state index is 0.648. The molecular formula is C11H24N2. The van der Waals surface area contributed by atoms with Crippen LogP contribution in [0.4, 0.5) is 0 Å². The Morgan fingerprint density at radius 2 is 2.15 bits per heavy atom. The fraction of sp³-hybridized carbons (Fsp3) is 1.00. The van der Waals surface area contributed by atoms with Crippen molar-refractivity contribution >= 4 is 0 Å². The third kappa shape index (κ3) is 2.68. The van der Waals surface area contributed by atoms with Crippen LogP contribution in [-0.4, -0.2) is 30.1 Å². The summed E-state index contributed by atoms with van der Waals surface area (Å²) in [5.41, 5.74) is 5.66. The number of hydrogen-bond donors (Lipinski definition) is 1. The minimum absolute atomic E-state index is 0.648. The first kappa shape index (κ1) is 11.0. The van der Waals surface area contributed by atoms with Gasteiger partial charge in [-0.15, -0.1) is 0 Å². The van der Waals surface area contributed by atoms with E-state index in [1.165, 1.54) is 25.8 Å². The lowest BCUT2D eigenvalue weighted by Gasteiger charge is -2.30. The molecule has 1 rings (SSSR count). The Morgan fingerprint density at radius 3 is 2.69 bits per heavy atom. The van der Waals surface area contributed by atoms with Gasteiger partial charge in [0.2, 0.25) is 0 Å². The van der Waals surface area contributed by atoms with Crippen molar-refractivity contribution in [2.75, 3.05) is 13.1 Å². The number of hydrogen-bond acceptors (Lipinski definition) is 2. The molecule has 0 saturated carbocycles. The Labute approximate surface area is 82.5 Å². The van der Waals surface area contributed by atoms with E-state index >= 15 is 0 Å². The Kier molecular flexibility index (Phi) is 4.20. The molecular weight excluding hydrogens is 160 g/mol. The predicted octanol–water partition coefficient (Wildman–Crippen LogP) is 1.84. The van der Waals surface area contributed by atoms with E-state index in [-0.39, 0.29) is 0 Å². The van der Waals surface area contributed by atoms with Gasteiger partial charge in [0.1, 0.15) is 0 Å². The summed E-state index contributed by atoms with van der Waals surface area (Å²) < 4.78 is 0. The number of nitrogens with zero attached hydrogens (tertiary/aromatic N) is 1. The monoisotopic (exact) mass is 184 g/mol. The van der Waals surface area contributed by atoms with Crippen LogP contribution in [0.25, 0.3) is 0 Å². The summed E-state index contributed by atoms with van der Waals surface area (Å²) in [6.45, 7) is 8.90. The van der Waals surface area contributed by atoms with Crippen LogP contribution in [0.5, 0.6) is 0 Å². The summed E-state index contributed by atoms with van der Waals surface area (Å²) >= 11 is 0. The first-order chi connectivity index (χ1) is 6.19. The SMILES string of the molecule is CCC1CCC(C)N1CC(C)CN. The molecule has 2 heteroatoms. The molecule has 1 aliphatic heterocycles. The Bertz CT molecular complexity index is 147. The van der Waals surface area contributed by atoms with Crippen LogP contribution in [0.2, 0.25) is 0 Å². The smallest absolute Gasteiger partial charge is 0.00961 e. The molecule has 0 aromatic rings. The first-order valence-electron chi connectivity index (χ1n) is 5.64. The fourth-order valence-electron chi connectivity index (χ4n) is 2.33. The van der Waals surface area contributed by atoms with Gasteiger partial charge in [0.05, 0.1) is 0 Å². The molecule has 0 amide bonds. The van der Waals surface area contributed by atoms with E-state index in [1.54, 1.807) is 0 Å². The molecule has 78 valence electrons. The van der Waals surface area contributed by atoms with Gasteiger partial charge in [0.25, 0.3) is 0 Å². The average molecular weight is 184 g/mol. The Morgan fingerprint density at radius 1 is 1.46 bits per heavy atom. The number of nitrogens with two attached hydrogens (primary N) is 1. The highest BCUT2D eigenvalue weighted by Gasteiger charge is 2.29. The van der Waals surface area contributed by atoms with Gasteiger partial charge in [0, 0.05) is 18.6 Å². The van der Waals surface area contributed by atoms with Gasteiger partial charge in [-0.05, 0) is 38.6 Å². The molecule has 0 radical (unpaired) electrons. The van der Waals surface area contributed by atoms with Crippen molar-refractivity contribution in [1.29, 1.82) is 0 Å². The molecule has 0 aromatic carbocycles. The van der Waals surface area contributed by atoms with Gasteiger partial charge in [-0.25, -0.2) is 0 Å². The lowest BCUT2D eigenvalue weighted by Crippen LogP contribution is -2.39. The second-order valence-corrected chi connectivity index (χ2v) is 4.53. The zero-order chi connectivity index (χ0) is 9.84. The highest BCUT2D eigenvalue weighted by molar-refractivity contribution is 4.85. The van der Waals surface area contributed by atoms with Crippen LogP contribution in [0.15, 0.2) is 0 Å². The molecule has 2 N–H and O–H groups in total. The van der Waals surface area contributed by atoms with Gasteiger partial charge < -0.3 is 5.73 Å². The maximum Gasteiger partial charge on any atom is 0.00961 e. The minimum Gasteiger partial charge on any atom is -0.330 e. The van der Waals surface area contributed by atoms with Crippen molar-refractivity contribution in [3.05, 3.63) is 0 Å². The third-order valence-electron chi connectivity index (χ3n) is 3.35. The number of likely N-dealkylation sites (tertiary alicyclic amines) is 1. The molecule has 3 unspecified atom stereocenters. The fourth-order valence-corrected chi connectivity index (χ4v) is 2.33. The summed E-state index contributed by atoms with van der Waals surface area (Å²) in [6, 6.07) is 1.60. The van der Waals surface area contributed by atoms with E-state index in [4.69, 9.17) is 5.73 Å². The molecule has 1 heterocycles. The van der Waals surface area contributed by atoms with E-state index in [0.29, 0.717) is 5.92 Å². The molecule has 0 spiro atoms. The Hall–Kier alpha value is -0.0800. The molecule has 1 saturated heterocycles. The van der Waals surface area contributed by atoms with Gasteiger partial charge in [-0.2, -0.15) is 0 Å². The summed E-state index contributed by atoms with van der Waals surface area (Å²) in [7, 11) is 0. The first-order valence-corrected chi connectivity index (χ1v) is 5.64. The van der Waals surface area contributed by atoms with Crippen LogP contribution in [-0.2, 0) is 0 Å². The zero-order valence-electron chi connectivity index (χ0n) is 9.29. The highest BCUT2D eigenvalue weighted by atomic mass is 15.2. The second kappa shape index (κ2) is 4.97. The van der Waals surface area contributed by atoms with Crippen molar-refractivity contribution < 1.29 is 0 Å². The van der Waals surface area contributed by atoms with Gasteiger partial charge >= 0.3 is 0 Å². The second-order valence-electron chi connectivity index (χ2n) is 4.53. The van der Waals surface area contributed by atoms with Gasteiger partial charge in [-0.3, -0.25) is 4.90 Å². The largest absolute Gasteiger partial charge is 0.330 e. The number of rotatable bonds is 4. The van der Waals surface area contributed by atoms with Crippen molar-refractivity contribution in [3.63, 3.8) is 0 Å². The van der Waals surface area contributed by atoms with Gasteiger partial charge in [-0.1, -0.05) is 13.8 Å². The quantitative estimate of drug-likeness (QED) is 0.722. The molecule has 0 aromatic heterocycles. The standard InChI is InChI=1S/C11H24N2/c1-4-11-6-5-10(3)13(11)8-9(2)7-12/h9-11H,4-8,12H2,1-3H3. The molecule has 1 aliphatic rings. The van der Waals surface area contributed by atoms with Crippen LogP contribution >= 0.6 is 0 Å². The normalized spacial score (nSPS) is 32.3. The highest BCUT2D eigenvalue weighted by Crippen LogP contribution is 2.26. The predicted molar refractivity (Wildman–Crippen MR) is 57.7 cm³/mol. The van der Waals surface area contributed by atoms with Crippen molar-refractivity contribution in [3.8, 4) is 0 Å². The van der Waals surface area contributed by atoms with Crippen LogP contribution in [0, 0.1) is 5.92 Å². The zero-order valence-corrected chi connectivity index (χ0v) is 9.29. The van der Waals surface area contributed by atoms with Gasteiger partial charge in [0.15, 0.2) is 0 Å². The molecule has 13 heavy (non-hydrogen) atoms. The molecule has 1 fully saturated rings.